The molecule has 2 N–H and O–H groups in total. The zero-order valence-electron chi connectivity index (χ0n) is 17.3. The van der Waals surface area contributed by atoms with E-state index in [-0.39, 0.29) is 11.8 Å². The summed E-state index contributed by atoms with van der Waals surface area (Å²) in [5.74, 6) is 1.13. The van der Waals surface area contributed by atoms with Crippen LogP contribution in [-0.2, 0) is 0 Å². The number of anilines is 1. The molecule has 0 atom stereocenters. The number of amides is 2. The maximum absolute atomic E-state index is 12.4. The molecule has 1 fully saturated rings. The maximum Gasteiger partial charge on any atom is 0.265 e. The van der Waals surface area contributed by atoms with Crippen molar-refractivity contribution in [1.29, 1.82) is 0 Å². The third-order valence-corrected chi connectivity index (χ3v) is 6.30. The molecule has 0 saturated carbocycles. The molecule has 0 bridgehead atoms. The Kier molecular flexibility index (Phi) is 7.83. The highest BCUT2D eigenvalue weighted by Crippen LogP contribution is 2.18. The number of nitrogens with zero attached hydrogens (tertiary/aromatic N) is 1. The molecule has 1 aromatic heterocycles. The van der Waals surface area contributed by atoms with Crippen LogP contribution in [0, 0.1) is 11.8 Å². The lowest BCUT2D eigenvalue weighted by Crippen LogP contribution is -2.39. The fourth-order valence-corrected chi connectivity index (χ4v) is 4.12. The Morgan fingerprint density at radius 3 is 2.45 bits per heavy atom. The van der Waals surface area contributed by atoms with Gasteiger partial charge in [0.25, 0.3) is 11.8 Å². The second-order valence-corrected chi connectivity index (χ2v) is 9.13. The summed E-state index contributed by atoms with van der Waals surface area (Å²) in [6, 6.07) is 10.7. The van der Waals surface area contributed by atoms with Crippen LogP contribution >= 0.6 is 11.3 Å². The van der Waals surface area contributed by atoms with Gasteiger partial charge in [-0.1, -0.05) is 19.9 Å². The molecule has 1 saturated heterocycles. The van der Waals surface area contributed by atoms with Crippen molar-refractivity contribution in [2.45, 2.75) is 33.1 Å². The van der Waals surface area contributed by atoms with Crippen LogP contribution in [0.2, 0.25) is 0 Å². The van der Waals surface area contributed by atoms with Crippen LogP contribution in [0.4, 0.5) is 5.69 Å². The summed E-state index contributed by atoms with van der Waals surface area (Å²) in [5, 5.41) is 7.80. The first kappa shape index (κ1) is 21.5. The minimum atomic E-state index is -0.128. The van der Waals surface area contributed by atoms with Crippen molar-refractivity contribution in [2.75, 3.05) is 31.5 Å². The Bertz CT molecular complexity index is 779. The second-order valence-electron chi connectivity index (χ2n) is 8.19. The summed E-state index contributed by atoms with van der Waals surface area (Å²) in [5.41, 5.74) is 1.31. The summed E-state index contributed by atoms with van der Waals surface area (Å²) in [4.78, 5) is 27.7. The molecule has 1 aliphatic heterocycles. The Balaban J connectivity index is 1.40. The van der Waals surface area contributed by atoms with Crippen molar-refractivity contribution >= 4 is 28.8 Å². The van der Waals surface area contributed by atoms with E-state index in [2.05, 4.69) is 29.4 Å². The van der Waals surface area contributed by atoms with Gasteiger partial charge in [-0.05, 0) is 86.4 Å². The normalized spacial score (nSPS) is 15.4. The first-order valence-corrected chi connectivity index (χ1v) is 11.3. The van der Waals surface area contributed by atoms with Crippen molar-refractivity contribution in [2.24, 2.45) is 11.8 Å². The van der Waals surface area contributed by atoms with Gasteiger partial charge in [0, 0.05) is 17.8 Å². The molecule has 2 aromatic rings. The van der Waals surface area contributed by atoms with Gasteiger partial charge in [-0.3, -0.25) is 9.59 Å². The van der Waals surface area contributed by atoms with Gasteiger partial charge in [-0.15, -0.1) is 11.3 Å². The van der Waals surface area contributed by atoms with Crippen LogP contribution in [0.1, 0.15) is 53.1 Å². The van der Waals surface area contributed by atoms with Gasteiger partial charge in [0.15, 0.2) is 0 Å². The number of nitrogens with one attached hydrogen (secondary N) is 2. The van der Waals surface area contributed by atoms with E-state index >= 15 is 0 Å². The molecule has 29 heavy (non-hydrogen) atoms. The number of rotatable bonds is 8. The van der Waals surface area contributed by atoms with Gasteiger partial charge in [-0.2, -0.15) is 0 Å². The lowest BCUT2D eigenvalue weighted by atomic mass is 9.96. The van der Waals surface area contributed by atoms with E-state index in [0.717, 1.165) is 38.4 Å². The van der Waals surface area contributed by atoms with E-state index in [1.165, 1.54) is 24.3 Å². The van der Waals surface area contributed by atoms with Crippen molar-refractivity contribution in [1.82, 2.24) is 10.2 Å². The van der Waals surface area contributed by atoms with Crippen LogP contribution < -0.4 is 10.6 Å². The Morgan fingerprint density at radius 2 is 1.83 bits per heavy atom. The molecule has 0 aliphatic carbocycles. The average molecular weight is 414 g/mol. The molecule has 5 nitrogen and oxygen atoms in total. The maximum atomic E-state index is 12.4. The lowest BCUT2D eigenvalue weighted by Gasteiger charge is -2.32. The van der Waals surface area contributed by atoms with Crippen molar-refractivity contribution in [3.63, 3.8) is 0 Å². The SMILES string of the molecule is CC(C)CCN1CCC(CNC(=O)c2ccc(NC(=O)c3cccs3)cc2)CC1. The second kappa shape index (κ2) is 10.6. The predicted octanol–water partition coefficient (Wildman–Crippen LogP) is 4.49. The molecule has 1 aliphatic rings. The average Bonchev–Trinajstić information content (AvgIpc) is 3.27. The van der Waals surface area contributed by atoms with Gasteiger partial charge in [-0.25, -0.2) is 0 Å². The summed E-state index contributed by atoms with van der Waals surface area (Å²) >= 11 is 1.40. The van der Waals surface area contributed by atoms with Crippen LogP contribution in [0.15, 0.2) is 41.8 Å². The van der Waals surface area contributed by atoms with E-state index in [0.29, 0.717) is 22.0 Å². The zero-order chi connectivity index (χ0) is 20.6. The smallest absolute Gasteiger partial charge is 0.265 e. The fourth-order valence-electron chi connectivity index (χ4n) is 3.50. The van der Waals surface area contributed by atoms with Gasteiger partial charge in [0.2, 0.25) is 0 Å². The standard InChI is InChI=1S/C23H31N3O2S/c1-17(2)9-12-26-13-10-18(11-14-26)16-24-22(27)19-5-7-20(8-6-19)25-23(28)21-4-3-15-29-21/h3-8,15,17-18H,9-14,16H2,1-2H3,(H,24,27)(H,25,28). The number of hydrogen-bond acceptors (Lipinski definition) is 4. The minimum absolute atomic E-state index is 0.0524. The molecule has 156 valence electrons. The monoisotopic (exact) mass is 413 g/mol. The molecule has 0 spiro atoms. The molecular weight excluding hydrogens is 382 g/mol. The molecule has 1 aromatic carbocycles. The number of hydrogen-bond donors (Lipinski definition) is 2. The molecule has 0 radical (unpaired) electrons. The van der Waals surface area contributed by atoms with Gasteiger partial charge >= 0.3 is 0 Å². The fraction of sp³-hybridized carbons (Fsp3) is 0.478. The molecule has 2 amide bonds. The van der Waals surface area contributed by atoms with Crippen LogP contribution in [-0.4, -0.2) is 42.9 Å². The summed E-state index contributed by atoms with van der Waals surface area (Å²) in [7, 11) is 0. The number of benzene rings is 1. The third kappa shape index (κ3) is 6.68. The summed E-state index contributed by atoms with van der Waals surface area (Å²) < 4.78 is 0. The summed E-state index contributed by atoms with van der Waals surface area (Å²) in [6.07, 6.45) is 3.54. The van der Waals surface area contributed by atoms with E-state index in [1.54, 1.807) is 30.3 Å². The number of piperidine rings is 1. The van der Waals surface area contributed by atoms with E-state index < -0.39 is 0 Å². The molecule has 0 unspecified atom stereocenters. The minimum Gasteiger partial charge on any atom is -0.352 e. The lowest BCUT2D eigenvalue weighted by molar-refractivity contribution is 0.0935. The third-order valence-electron chi connectivity index (χ3n) is 5.43. The van der Waals surface area contributed by atoms with Crippen molar-refractivity contribution < 1.29 is 9.59 Å². The van der Waals surface area contributed by atoms with Gasteiger partial charge in [0.1, 0.15) is 0 Å². The predicted molar refractivity (Wildman–Crippen MR) is 120 cm³/mol. The number of carbonyl (C=O) groups excluding carboxylic acids is 2. The van der Waals surface area contributed by atoms with Gasteiger partial charge in [0.05, 0.1) is 4.88 Å². The van der Waals surface area contributed by atoms with Crippen LogP contribution in [0.3, 0.4) is 0 Å². The largest absolute Gasteiger partial charge is 0.352 e. The molecule has 3 rings (SSSR count). The van der Waals surface area contributed by atoms with E-state index in [9.17, 15) is 9.59 Å². The summed E-state index contributed by atoms with van der Waals surface area (Å²) in [6.45, 7) is 8.72. The van der Waals surface area contributed by atoms with E-state index in [4.69, 9.17) is 0 Å². The number of likely N-dealkylation sites (tertiary alicyclic amines) is 1. The first-order chi connectivity index (χ1) is 14.0. The topological polar surface area (TPSA) is 61.4 Å². The Morgan fingerprint density at radius 1 is 1.10 bits per heavy atom. The highest BCUT2D eigenvalue weighted by atomic mass is 32.1. The highest BCUT2D eigenvalue weighted by Gasteiger charge is 2.20. The number of thiophene rings is 1. The highest BCUT2D eigenvalue weighted by molar-refractivity contribution is 7.12. The Labute approximate surface area is 177 Å². The zero-order valence-corrected chi connectivity index (χ0v) is 18.1. The van der Waals surface area contributed by atoms with Gasteiger partial charge < -0.3 is 15.5 Å². The first-order valence-electron chi connectivity index (χ1n) is 10.5. The van der Waals surface area contributed by atoms with E-state index in [1.807, 2.05) is 11.4 Å². The van der Waals surface area contributed by atoms with Crippen molar-refractivity contribution in [3.8, 4) is 0 Å². The van der Waals surface area contributed by atoms with Crippen LogP contribution in [0.5, 0.6) is 0 Å². The number of carbonyl (C=O) groups is 2. The molecule has 6 heteroatoms. The quantitative estimate of drug-likeness (QED) is 0.670. The van der Waals surface area contributed by atoms with Crippen LogP contribution in [0.25, 0.3) is 0 Å². The molecule has 2 heterocycles. The molecular formula is C23H31N3O2S. The Hall–Kier alpha value is -2.18. The van der Waals surface area contributed by atoms with Crippen molar-refractivity contribution in [3.05, 3.63) is 52.2 Å².